The van der Waals surface area contributed by atoms with Crippen molar-refractivity contribution in [3.63, 3.8) is 0 Å². The van der Waals surface area contributed by atoms with Crippen molar-refractivity contribution < 1.29 is 9.66 Å². The molecular formula is C16H15ClN2O3. The molecule has 6 heteroatoms. The fourth-order valence-corrected chi connectivity index (χ4v) is 2.07. The predicted octanol–water partition coefficient (Wildman–Crippen LogP) is 4.43. The summed E-state index contributed by atoms with van der Waals surface area (Å²) in [5.41, 5.74) is 1.73. The number of nitro benzene ring substituents is 1. The van der Waals surface area contributed by atoms with Crippen LogP contribution < -0.4 is 10.1 Å². The zero-order valence-electron chi connectivity index (χ0n) is 11.8. The molecule has 0 aliphatic heterocycles. The van der Waals surface area contributed by atoms with E-state index in [-0.39, 0.29) is 5.69 Å². The average molecular weight is 319 g/mol. The van der Waals surface area contributed by atoms with Gasteiger partial charge in [0.2, 0.25) is 0 Å². The van der Waals surface area contributed by atoms with Crippen molar-refractivity contribution in [2.75, 3.05) is 11.9 Å². The van der Waals surface area contributed by atoms with Gasteiger partial charge in [-0.1, -0.05) is 24.3 Å². The molecule has 0 amide bonds. The second kappa shape index (κ2) is 7.47. The largest absolute Gasteiger partial charge is 0.489 e. The Labute approximate surface area is 133 Å². The SMILES string of the molecule is C=CCOc1ccc(Cl)cc1CNc1ccc([N+](=O)[O-])cc1. The number of nitrogens with one attached hydrogen (secondary N) is 1. The van der Waals surface area contributed by atoms with Crippen LogP contribution in [0.5, 0.6) is 5.75 Å². The number of nitro groups is 1. The summed E-state index contributed by atoms with van der Waals surface area (Å²) in [4.78, 5) is 10.2. The lowest BCUT2D eigenvalue weighted by Gasteiger charge is -2.12. The molecule has 0 saturated heterocycles. The number of ether oxygens (including phenoxy) is 1. The molecule has 2 aromatic carbocycles. The minimum atomic E-state index is -0.429. The van der Waals surface area contributed by atoms with E-state index in [1.165, 1.54) is 12.1 Å². The molecular weight excluding hydrogens is 304 g/mol. The molecule has 0 saturated carbocycles. The standard InChI is InChI=1S/C16H15ClN2O3/c1-2-9-22-16-8-3-13(17)10-12(16)11-18-14-4-6-15(7-5-14)19(20)21/h2-8,10,18H,1,9,11H2. The molecule has 0 aliphatic rings. The minimum absolute atomic E-state index is 0.0586. The maximum atomic E-state index is 10.6. The molecule has 0 unspecified atom stereocenters. The first-order valence-electron chi connectivity index (χ1n) is 6.60. The molecule has 22 heavy (non-hydrogen) atoms. The highest BCUT2D eigenvalue weighted by Crippen LogP contribution is 2.24. The fraction of sp³-hybridized carbons (Fsp3) is 0.125. The van der Waals surface area contributed by atoms with Crippen molar-refractivity contribution in [2.24, 2.45) is 0 Å². The quantitative estimate of drug-likeness (QED) is 0.466. The van der Waals surface area contributed by atoms with E-state index in [2.05, 4.69) is 11.9 Å². The maximum Gasteiger partial charge on any atom is 0.269 e. The Hall–Kier alpha value is -2.53. The van der Waals surface area contributed by atoms with Crippen LogP contribution in [-0.4, -0.2) is 11.5 Å². The molecule has 0 aliphatic carbocycles. The number of non-ortho nitro benzene ring substituents is 1. The molecule has 0 spiro atoms. The van der Waals surface area contributed by atoms with Gasteiger partial charge in [0, 0.05) is 35.0 Å². The Morgan fingerprint density at radius 1 is 1.27 bits per heavy atom. The van der Waals surface area contributed by atoms with Gasteiger partial charge in [0.05, 0.1) is 4.92 Å². The van der Waals surface area contributed by atoms with Crippen LogP contribution in [-0.2, 0) is 6.54 Å². The van der Waals surface area contributed by atoms with Gasteiger partial charge in [-0.25, -0.2) is 0 Å². The van der Waals surface area contributed by atoms with Gasteiger partial charge in [-0.2, -0.15) is 0 Å². The summed E-state index contributed by atoms with van der Waals surface area (Å²) in [5, 5.41) is 14.4. The molecule has 5 nitrogen and oxygen atoms in total. The first kappa shape index (κ1) is 15.9. The maximum absolute atomic E-state index is 10.6. The van der Waals surface area contributed by atoms with Gasteiger partial charge in [0.15, 0.2) is 0 Å². The second-order valence-electron chi connectivity index (χ2n) is 4.51. The fourth-order valence-electron chi connectivity index (χ4n) is 1.87. The topological polar surface area (TPSA) is 64.4 Å². The van der Waals surface area contributed by atoms with Crippen molar-refractivity contribution >= 4 is 23.0 Å². The van der Waals surface area contributed by atoms with Crippen molar-refractivity contribution in [3.8, 4) is 5.75 Å². The van der Waals surface area contributed by atoms with Gasteiger partial charge in [0.25, 0.3) is 5.69 Å². The summed E-state index contributed by atoms with van der Waals surface area (Å²) in [6.07, 6.45) is 1.67. The number of nitrogens with zero attached hydrogens (tertiary/aromatic N) is 1. The minimum Gasteiger partial charge on any atom is -0.489 e. The van der Waals surface area contributed by atoms with Crippen LogP contribution in [0.3, 0.4) is 0 Å². The van der Waals surface area contributed by atoms with Crippen LogP contribution in [0.4, 0.5) is 11.4 Å². The molecule has 0 aromatic heterocycles. The molecule has 0 fully saturated rings. The lowest BCUT2D eigenvalue weighted by molar-refractivity contribution is -0.384. The smallest absolute Gasteiger partial charge is 0.269 e. The van der Waals surface area contributed by atoms with Crippen molar-refractivity contribution in [1.82, 2.24) is 0 Å². The van der Waals surface area contributed by atoms with E-state index in [1.807, 2.05) is 6.07 Å². The van der Waals surface area contributed by atoms with E-state index in [0.717, 1.165) is 17.0 Å². The second-order valence-corrected chi connectivity index (χ2v) is 4.95. The number of halogens is 1. The zero-order chi connectivity index (χ0) is 15.9. The highest BCUT2D eigenvalue weighted by Gasteiger charge is 2.06. The first-order chi connectivity index (χ1) is 10.6. The number of hydrogen-bond donors (Lipinski definition) is 1. The number of rotatable bonds is 7. The molecule has 1 N–H and O–H groups in total. The third-order valence-corrected chi connectivity index (χ3v) is 3.18. The lowest BCUT2D eigenvalue weighted by atomic mass is 10.2. The van der Waals surface area contributed by atoms with E-state index < -0.39 is 4.92 Å². The average Bonchev–Trinajstić information content (AvgIpc) is 2.52. The van der Waals surface area contributed by atoms with Crippen LogP contribution in [0, 0.1) is 10.1 Å². The van der Waals surface area contributed by atoms with Crippen LogP contribution in [0.25, 0.3) is 0 Å². The monoisotopic (exact) mass is 318 g/mol. The van der Waals surface area contributed by atoms with Gasteiger partial charge in [-0.05, 0) is 30.3 Å². The van der Waals surface area contributed by atoms with E-state index in [4.69, 9.17) is 16.3 Å². The first-order valence-corrected chi connectivity index (χ1v) is 6.98. The van der Waals surface area contributed by atoms with E-state index in [0.29, 0.717) is 18.2 Å². The molecule has 2 rings (SSSR count). The Morgan fingerprint density at radius 3 is 2.64 bits per heavy atom. The third kappa shape index (κ3) is 4.23. The molecule has 114 valence electrons. The summed E-state index contributed by atoms with van der Waals surface area (Å²) in [6, 6.07) is 11.6. The Balaban J connectivity index is 2.08. The van der Waals surface area contributed by atoms with Gasteiger partial charge in [0.1, 0.15) is 12.4 Å². The molecule has 0 radical (unpaired) electrons. The lowest BCUT2D eigenvalue weighted by Crippen LogP contribution is -2.03. The third-order valence-electron chi connectivity index (χ3n) is 2.94. The predicted molar refractivity (Wildman–Crippen MR) is 87.6 cm³/mol. The Morgan fingerprint density at radius 2 is 2.00 bits per heavy atom. The van der Waals surface area contributed by atoms with Crippen molar-refractivity contribution in [3.05, 3.63) is 75.8 Å². The van der Waals surface area contributed by atoms with Crippen molar-refractivity contribution in [1.29, 1.82) is 0 Å². The van der Waals surface area contributed by atoms with E-state index in [9.17, 15) is 10.1 Å². The molecule has 0 heterocycles. The normalized spacial score (nSPS) is 10.0. The van der Waals surface area contributed by atoms with Crippen molar-refractivity contribution in [2.45, 2.75) is 6.54 Å². The van der Waals surface area contributed by atoms with Crippen LogP contribution in [0.15, 0.2) is 55.1 Å². The van der Waals surface area contributed by atoms with E-state index in [1.54, 1.807) is 30.3 Å². The summed E-state index contributed by atoms with van der Waals surface area (Å²) in [7, 11) is 0. The van der Waals surface area contributed by atoms with Gasteiger partial charge in [-0.15, -0.1) is 0 Å². The zero-order valence-corrected chi connectivity index (χ0v) is 12.5. The Bertz CT molecular complexity index is 672. The summed E-state index contributed by atoms with van der Waals surface area (Å²) < 4.78 is 5.57. The Kier molecular flexibility index (Phi) is 5.38. The summed E-state index contributed by atoms with van der Waals surface area (Å²) in [5.74, 6) is 0.721. The van der Waals surface area contributed by atoms with Gasteiger partial charge >= 0.3 is 0 Å². The van der Waals surface area contributed by atoms with Gasteiger partial charge in [-0.3, -0.25) is 10.1 Å². The van der Waals surface area contributed by atoms with Crippen LogP contribution in [0.1, 0.15) is 5.56 Å². The molecule has 0 atom stereocenters. The van der Waals surface area contributed by atoms with Gasteiger partial charge < -0.3 is 10.1 Å². The summed E-state index contributed by atoms with van der Waals surface area (Å²) in [6.45, 7) is 4.52. The number of benzene rings is 2. The molecule has 0 bridgehead atoms. The highest BCUT2D eigenvalue weighted by molar-refractivity contribution is 6.30. The molecule has 2 aromatic rings. The highest BCUT2D eigenvalue weighted by atomic mass is 35.5. The number of anilines is 1. The number of hydrogen-bond acceptors (Lipinski definition) is 4. The van der Waals surface area contributed by atoms with Crippen LogP contribution >= 0.6 is 11.6 Å². The van der Waals surface area contributed by atoms with E-state index >= 15 is 0 Å². The summed E-state index contributed by atoms with van der Waals surface area (Å²) >= 11 is 6.01. The van der Waals surface area contributed by atoms with Crippen LogP contribution in [0.2, 0.25) is 5.02 Å².